The summed E-state index contributed by atoms with van der Waals surface area (Å²) in [5, 5.41) is 0. The Hall–Kier alpha value is -0.713. The zero-order valence-corrected chi connectivity index (χ0v) is 12.3. The monoisotopic (exact) mass is 253 g/mol. The number of nitrogens with zero attached hydrogens (tertiary/aromatic N) is 1. The van der Waals surface area contributed by atoms with Crippen LogP contribution in [0.15, 0.2) is 24.4 Å². The first kappa shape index (κ1) is 14.3. The summed E-state index contributed by atoms with van der Waals surface area (Å²) in [4.78, 5) is 4.46. The summed E-state index contributed by atoms with van der Waals surface area (Å²) in [6.45, 7) is 9.76. The molecule has 1 heterocycles. The highest BCUT2D eigenvalue weighted by atomic mass is 28.4. The van der Waals surface area contributed by atoms with Crippen molar-refractivity contribution in [2.45, 2.75) is 39.3 Å². The number of pyridine rings is 1. The minimum Gasteiger partial charge on any atom is -0.394 e. The lowest BCUT2D eigenvalue weighted by Gasteiger charge is -2.33. The minimum atomic E-state index is -2.18. The third-order valence-electron chi connectivity index (χ3n) is 2.95. The summed E-state index contributed by atoms with van der Waals surface area (Å²) in [7, 11) is -2.18. The third-order valence-corrected chi connectivity index (χ3v) is 6.64. The molecule has 0 radical (unpaired) electrons. The Bertz CT molecular complexity index is 312. The standard InChI is InChI=1S/C13H23NO2Si/c1-5-13(12-10-8-9-11-14-12)17(4,15-6-2)16-7-3/h8-11,13H,5-7H2,1-4H3. The van der Waals surface area contributed by atoms with Crippen molar-refractivity contribution in [3.8, 4) is 0 Å². The van der Waals surface area contributed by atoms with Crippen molar-refractivity contribution in [1.29, 1.82) is 0 Å². The van der Waals surface area contributed by atoms with Crippen LogP contribution < -0.4 is 0 Å². The molecule has 96 valence electrons. The molecule has 4 heteroatoms. The van der Waals surface area contributed by atoms with E-state index in [4.69, 9.17) is 8.85 Å². The highest BCUT2D eigenvalue weighted by Gasteiger charge is 2.41. The predicted molar refractivity (Wildman–Crippen MR) is 72.1 cm³/mol. The van der Waals surface area contributed by atoms with E-state index >= 15 is 0 Å². The van der Waals surface area contributed by atoms with Gasteiger partial charge in [0.05, 0.1) is 0 Å². The molecule has 0 aliphatic rings. The summed E-state index contributed by atoms with van der Waals surface area (Å²) in [6.07, 6.45) is 2.84. The van der Waals surface area contributed by atoms with Crippen molar-refractivity contribution in [3.05, 3.63) is 30.1 Å². The third kappa shape index (κ3) is 3.62. The second-order valence-corrected chi connectivity index (χ2v) is 7.40. The van der Waals surface area contributed by atoms with Crippen molar-refractivity contribution in [2.24, 2.45) is 0 Å². The average molecular weight is 253 g/mol. The SMILES string of the molecule is CCO[Si](C)(OCC)C(CC)c1ccccn1. The molecule has 3 nitrogen and oxygen atoms in total. The maximum atomic E-state index is 5.95. The first-order valence-corrected chi connectivity index (χ1v) is 8.76. The van der Waals surface area contributed by atoms with Crippen LogP contribution >= 0.6 is 0 Å². The molecule has 1 rings (SSSR count). The fraction of sp³-hybridized carbons (Fsp3) is 0.615. The molecule has 1 unspecified atom stereocenters. The van der Waals surface area contributed by atoms with Crippen LogP contribution in [0, 0.1) is 0 Å². The zero-order chi connectivity index (χ0) is 12.7. The number of rotatable bonds is 7. The van der Waals surface area contributed by atoms with Crippen molar-refractivity contribution in [2.75, 3.05) is 13.2 Å². The molecule has 0 amide bonds. The van der Waals surface area contributed by atoms with Gasteiger partial charge in [-0.05, 0) is 38.9 Å². The van der Waals surface area contributed by atoms with Gasteiger partial charge in [-0.3, -0.25) is 4.98 Å². The van der Waals surface area contributed by atoms with E-state index < -0.39 is 8.56 Å². The molecule has 1 atom stereocenters. The molecule has 0 aromatic carbocycles. The Labute approximate surface area is 105 Å². The van der Waals surface area contributed by atoms with E-state index in [9.17, 15) is 0 Å². The fourth-order valence-corrected chi connectivity index (χ4v) is 5.33. The number of hydrogen-bond donors (Lipinski definition) is 0. The molecule has 0 aliphatic heterocycles. The minimum absolute atomic E-state index is 0.295. The van der Waals surface area contributed by atoms with Gasteiger partial charge in [-0.1, -0.05) is 13.0 Å². The molecule has 0 fully saturated rings. The zero-order valence-electron chi connectivity index (χ0n) is 11.3. The van der Waals surface area contributed by atoms with E-state index in [2.05, 4.69) is 24.5 Å². The van der Waals surface area contributed by atoms with E-state index in [-0.39, 0.29) is 0 Å². The second-order valence-electron chi connectivity index (χ2n) is 4.10. The summed E-state index contributed by atoms with van der Waals surface area (Å²) in [5.41, 5.74) is 1.38. The van der Waals surface area contributed by atoms with Crippen LogP contribution in [-0.2, 0) is 8.85 Å². The first-order chi connectivity index (χ1) is 8.18. The van der Waals surface area contributed by atoms with Gasteiger partial charge < -0.3 is 8.85 Å². The summed E-state index contributed by atoms with van der Waals surface area (Å²) < 4.78 is 11.9. The van der Waals surface area contributed by atoms with E-state index in [0.29, 0.717) is 18.8 Å². The van der Waals surface area contributed by atoms with E-state index in [1.54, 1.807) is 0 Å². The molecule has 0 saturated heterocycles. The average Bonchev–Trinajstić information content (AvgIpc) is 2.31. The van der Waals surface area contributed by atoms with Crippen LogP contribution in [-0.4, -0.2) is 26.8 Å². The quantitative estimate of drug-likeness (QED) is 0.699. The summed E-state index contributed by atoms with van der Waals surface area (Å²) in [6, 6.07) is 6.03. The molecule has 0 aliphatic carbocycles. The van der Waals surface area contributed by atoms with Crippen LogP contribution in [0.25, 0.3) is 0 Å². The van der Waals surface area contributed by atoms with Gasteiger partial charge in [0, 0.05) is 30.6 Å². The van der Waals surface area contributed by atoms with Crippen molar-refractivity contribution in [3.63, 3.8) is 0 Å². The highest BCUT2D eigenvalue weighted by molar-refractivity contribution is 6.67. The van der Waals surface area contributed by atoms with Crippen LogP contribution in [0.1, 0.15) is 38.4 Å². The lowest BCUT2D eigenvalue weighted by atomic mass is 10.2. The van der Waals surface area contributed by atoms with Crippen molar-refractivity contribution < 1.29 is 8.85 Å². The van der Waals surface area contributed by atoms with Gasteiger partial charge >= 0.3 is 8.56 Å². The van der Waals surface area contributed by atoms with Gasteiger partial charge in [0.2, 0.25) is 0 Å². The number of hydrogen-bond acceptors (Lipinski definition) is 3. The lowest BCUT2D eigenvalue weighted by Crippen LogP contribution is -2.46. The van der Waals surface area contributed by atoms with Crippen LogP contribution in [0.4, 0.5) is 0 Å². The van der Waals surface area contributed by atoms with E-state index in [0.717, 1.165) is 12.1 Å². The van der Waals surface area contributed by atoms with Gasteiger partial charge in [0.25, 0.3) is 0 Å². The smallest absolute Gasteiger partial charge is 0.344 e. The maximum absolute atomic E-state index is 5.95. The van der Waals surface area contributed by atoms with Crippen LogP contribution in [0.2, 0.25) is 6.55 Å². The molecule has 17 heavy (non-hydrogen) atoms. The number of aromatic nitrogens is 1. The van der Waals surface area contributed by atoms with Gasteiger partial charge in [0.15, 0.2) is 0 Å². The Morgan fingerprint density at radius 1 is 1.18 bits per heavy atom. The highest BCUT2D eigenvalue weighted by Crippen LogP contribution is 2.30. The van der Waals surface area contributed by atoms with E-state index in [1.807, 2.05) is 32.2 Å². The molecule has 1 aromatic heterocycles. The molecule has 1 aromatic rings. The second kappa shape index (κ2) is 6.89. The van der Waals surface area contributed by atoms with E-state index in [1.165, 1.54) is 0 Å². The Kier molecular flexibility index (Phi) is 5.81. The van der Waals surface area contributed by atoms with Crippen molar-refractivity contribution >= 4 is 8.56 Å². The molecule has 0 spiro atoms. The van der Waals surface area contributed by atoms with Gasteiger partial charge in [-0.25, -0.2) is 0 Å². The molecule has 0 saturated carbocycles. The van der Waals surface area contributed by atoms with Crippen molar-refractivity contribution in [1.82, 2.24) is 4.98 Å². The maximum Gasteiger partial charge on any atom is 0.344 e. The normalized spacial score (nSPS) is 13.6. The largest absolute Gasteiger partial charge is 0.394 e. The van der Waals surface area contributed by atoms with Gasteiger partial charge in [-0.2, -0.15) is 0 Å². The first-order valence-electron chi connectivity index (χ1n) is 6.36. The summed E-state index contributed by atoms with van der Waals surface area (Å²) in [5.74, 6) is 0. The van der Waals surface area contributed by atoms with Gasteiger partial charge in [-0.15, -0.1) is 0 Å². The Morgan fingerprint density at radius 2 is 1.82 bits per heavy atom. The lowest BCUT2D eigenvalue weighted by molar-refractivity contribution is 0.178. The fourth-order valence-electron chi connectivity index (χ4n) is 2.25. The van der Waals surface area contributed by atoms with Crippen LogP contribution in [0.5, 0.6) is 0 Å². The molecular formula is C13H23NO2Si. The van der Waals surface area contributed by atoms with Crippen LogP contribution in [0.3, 0.4) is 0 Å². The molecule has 0 bridgehead atoms. The summed E-state index contributed by atoms with van der Waals surface area (Å²) >= 11 is 0. The Balaban J connectivity index is 2.97. The Morgan fingerprint density at radius 3 is 2.24 bits per heavy atom. The molecular weight excluding hydrogens is 230 g/mol. The molecule has 0 N–H and O–H groups in total. The topological polar surface area (TPSA) is 31.4 Å². The predicted octanol–water partition coefficient (Wildman–Crippen LogP) is 3.26. The van der Waals surface area contributed by atoms with Gasteiger partial charge in [0.1, 0.15) is 0 Å².